The van der Waals surface area contributed by atoms with Crippen molar-refractivity contribution in [2.45, 2.75) is 47.1 Å². The van der Waals surface area contributed by atoms with Crippen LogP contribution in [-0.4, -0.2) is 11.5 Å². The maximum atomic E-state index is 4.54. The highest BCUT2D eigenvalue weighted by molar-refractivity contribution is 5.21. The van der Waals surface area contributed by atoms with Gasteiger partial charge in [-0.25, -0.2) is 0 Å². The van der Waals surface area contributed by atoms with Gasteiger partial charge in [0.1, 0.15) is 0 Å². The van der Waals surface area contributed by atoms with Crippen LogP contribution in [0.4, 0.5) is 0 Å². The minimum Gasteiger partial charge on any atom is -0.308 e. The fourth-order valence-electron chi connectivity index (χ4n) is 2.00. The van der Waals surface area contributed by atoms with Crippen molar-refractivity contribution >= 4 is 0 Å². The molecule has 0 spiro atoms. The Bertz CT molecular complexity index is 331. The summed E-state index contributed by atoms with van der Waals surface area (Å²) in [4.78, 5) is 4.54. The number of hydrogen-bond donors (Lipinski definition) is 1. The second-order valence-electron chi connectivity index (χ2n) is 5.56. The average Bonchev–Trinajstić information content (AvgIpc) is 2.25. The van der Waals surface area contributed by atoms with Crippen LogP contribution in [-0.2, 0) is 0 Å². The van der Waals surface area contributed by atoms with Crippen molar-refractivity contribution in [1.29, 1.82) is 0 Å². The lowest BCUT2D eigenvalue weighted by Gasteiger charge is -2.24. The molecule has 2 nitrogen and oxygen atoms in total. The molecule has 0 aromatic carbocycles. The molecule has 1 aromatic rings. The highest BCUT2D eigenvalue weighted by Gasteiger charge is 2.18. The van der Waals surface area contributed by atoms with Crippen molar-refractivity contribution in [2.24, 2.45) is 11.8 Å². The number of aryl methyl sites for hydroxylation is 1. The van der Waals surface area contributed by atoms with Crippen LogP contribution < -0.4 is 5.32 Å². The average molecular weight is 234 g/mol. The maximum absolute atomic E-state index is 4.54. The number of nitrogens with zero attached hydrogens (tertiary/aromatic N) is 1. The molecule has 1 aromatic heterocycles. The van der Waals surface area contributed by atoms with Gasteiger partial charge in [-0.3, -0.25) is 4.98 Å². The summed E-state index contributed by atoms with van der Waals surface area (Å²) in [6.07, 6.45) is 3.11. The second kappa shape index (κ2) is 6.75. The normalized spacial score (nSPS) is 13.4. The van der Waals surface area contributed by atoms with Gasteiger partial charge in [-0.2, -0.15) is 0 Å². The molecular weight excluding hydrogens is 208 g/mol. The molecule has 1 N–H and O–H groups in total. The van der Waals surface area contributed by atoms with Crippen molar-refractivity contribution in [2.75, 3.05) is 6.54 Å². The molecule has 1 unspecified atom stereocenters. The molecule has 0 bridgehead atoms. The van der Waals surface area contributed by atoms with Crippen molar-refractivity contribution in [1.82, 2.24) is 10.3 Å². The summed E-state index contributed by atoms with van der Waals surface area (Å²) in [7, 11) is 0. The Morgan fingerprint density at radius 3 is 2.47 bits per heavy atom. The van der Waals surface area contributed by atoms with Crippen LogP contribution in [0.1, 0.15) is 51.4 Å². The third-order valence-corrected chi connectivity index (χ3v) is 3.10. The van der Waals surface area contributed by atoms with Gasteiger partial charge in [-0.1, -0.05) is 33.8 Å². The van der Waals surface area contributed by atoms with Gasteiger partial charge in [0, 0.05) is 6.20 Å². The first-order chi connectivity index (χ1) is 8.02. The zero-order valence-corrected chi connectivity index (χ0v) is 11.8. The summed E-state index contributed by atoms with van der Waals surface area (Å²) in [5.41, 5.74) is 2.48. The molecule has 96 valence electrons. The predicted molar refractivity (Wildman–Crippen MR) is 74.0 cm³/mol. The van der Waals surface area contributed by atoms with E-state index in [4.69, 9.17) is 0 Å². The molecule has 0 fully saturated rings. The molecule has 0 aliphatic heterocycles. The summed E-state index contributed by atoms with van der Waals surface area (Å²) < 4.78 is 0. The fraction of sp³-hybridized carbons (Fsp3) is 0.667. The Morgan fingerprint density at radius 1 is 1.24 bits per heavy atom. The van der Waals surface area contributed by atoms with Crippen LogP contribution in [0.2, 0.25) is 0 Å². The minimum absolute atomic E-state index is 0.370. The van der Waals surface area contributed by atoms with Gasteiger partial charge in [-0.05, 0) is 43.4 Å². The molecule has 17 heavy (non-hydrogen) atoms. The lowest BCUT2D eigenvalue weighted by atomic mass is 9.97. The molecule has 0 aliphatic rings. The van der Waals surface area contributed by atoms with E-state index in [0.717, 1.165) is 12.5 Å². The predicted octanol–water partition coefficient (Wildman–Crippen LogP) is 3.72. The third-order valence-electron chi connectivity index (χ3n) is 3.10. The van der Waals surface area contributed by atoms with E-state index in [1.54, 1.807) is 0 Å². The Balaban J connectivity index is 2.69. The Hall–Kier alpha value is -0.890. The van der Waals surface area contributed by atoms with Crippen LogP contribution in [0, 0.1) is 18.8 Å². The monoisotopic (exact) mass is 234 g/mol. The van der Waals surface area contributed by atoms with Gasteiger partial charge in [0.2, 0.25) is 0 Å². The molecule has 1 heterocycles. The number of pyridine rings is 1. The van der Waals surface area contributed by atoms with E-state index in [1.165, 1.54) is 17.7 Å². The Kier molecular flexibility index (Phi) is 5.63. The summed E-state index contributed by atoms with van der Waals surface area (Å²) in [5.74, 6) is 1.32. The minimum atomic E-state index is 0.370. The molecule has 1 rings (SSSR count). The number of nitrogens with one attached hydrogen (secondary N) is 1. The number of aromatic nitrogens is 1. The molecule has 0 saturated heterocycles. The largest absolute Gasteiger partial charge is 0.308 e. The molecule has 0 amide bonds. The molecule has 2 heteroatoms. The van der Waals surface area contributed by atoms with Gasteiger partial charge in [0.25, 0.3) is 0 Å². The summed E-state index contributed by atoms with van der Waals surface area (Å²) in [6, 6.07) is 4.52. The zero-order valence-electron chi connectivity index (χ0n) is 11.8. The van der Waals surface area contributed by atoms with Crippen molar-refractivity contribution < 1.29 is 0 Å². The van der Waals surface area contributed by atoms with Crippen molar-refractivity contribution in [3.8, 4) is 0 Å². The first kappa shape index (κ1) is 14.2. The van der Waals surface area contributed by atoms with E-state index >= 15 is 0 Å². The quantitative estimate of drug-likeness (QED) is 0.811. The molecule has 0 saturated carbocycles. The molecule has 0 aliphatic carbocycles. The van der Waals surface area contributed by atoms with Crippen LogP contribution in [0.3, 0.4) is 0 Å². The smallest absolute Gasteiger partial charge is 0.0604 e. The standard InChI is InChI=1S/C15H26N2/c1-11(2)8-10-17-14(12(3)4)15-13(5)7-6-9-16-15/h6-7,9,11-12,14,17H,8,10H2,1-5H3. The lowest BCUT2D eigenvalue weighted by molar-refractivity contribution is 0.386. The molecule has 0 radical (unpaired) electrons. The highest BCUT2D eigenvalue weighted by atomic mass is 14.9. The number of hydrogen-bond acceptors (Lipinski definition) is 2. The van der Waals surface area contributed by atoms with Crippen LogP contribution in [0.15, 0.2) is 18.3 Å². The zero-order chi connectivity index (χ0) is 12.8. The maximum Gasteiger partial charge on any atom is 0.0604 e. The summed E-state index contributed by atoms with van der Waals surface area (Å²) >= 11 is 0. The third kappa shape index (κ3) is 4.47. The van der Waals surface area contributed by atoms with Gasteiger partial charge in [0.15, 0.2) is 0 Å². The van der Waals surface area contributed by atoms with Crippen LogP contribution in [0.25, 0.3) is 0 Å². The van der Waals surface area contributed by atoms with Gasteiger partial charge in [-0.15, -0.1) is 0 Å². The Labute approximate surface area is 106 Å². The highest BCUT2D eigenvalue weighted by Crippen LogP contribution is 2.22. The first-order valence-electron chi connectivity index (χ1n) is 6.67. The SMILES string of the molecule is Cc1cccnc1C(NCCC(C)C)C(C)C. The first-order valence-corrected chi connectivity index (χ1v) is 6.67. The van der Waals surface area contributed by atoms with Crippen LogP contribution >= 0.6 is 0 Å². The fourth-order valence-corrected chi connectivity index (χ4v) is 2.00. The number of rotatable bonds is 6. The Morgan fingerprint density at radius 2 is 1.94 bits per heavy atom. The van der Waals surface area contributed by atoms with E-state index in [2.05, 4.69) is 51.0 Å². The van der Waals surface area contributed by atoms with E-state index in [-0.39, 0.29) is 0 Å². The van der Waals surface area contributed by atoms with Crippen molar-refractivity contribution in [3.05, 3.63) is 29.6 Å². The summed E-state index contributed by atoms with van der Waals surface area (Å²) in [6.45, 7) is 12.2. The molecular formula is C15H26N2. The second-order valence-corrected chi connectivity index (χ2v) is 5.56. The lowest BCUT2D eigenvalue weighted by Crippen LogP contribution is -2.28. The van der Waals surface area contributed by atoms with E-state index in [1.807, 2.05) is 12.3 Å². The van der Waals surface area contributed by atoms with E-state index < -0.39 is 0 Å². The molecule has 1 atom stereocenters. The van der Waals surface area contributed by atoms with Crippen molar-refractivity contribution in [3.63, 3.8) is 0 Å². The van der Waals surface area contributed by atoms with Gasteiger partial charge in [0.05, 0.1) is 11.7 Å². The van der Waals surface area contributed by atoms with Crippen LogP contribution in [0.5, 0.6) is 0 Å². The summed E-state index contributed by atoms with van der Waals surface area (Å²) in [5, 5.41) is 3.65. The topological polar surface area (TPSA) is 24.9 Å². The van der Waals surface area contributed by atoms with Gasteiger partial charge >= 0.3 is 0 Å². The van der Waals surface area contributed by atoms with E-state index in [0.29, 0.717) is 12.0 Å². The van der Waals surface area contributed by atoms with E-state index in [9.17, 15) is 0 Å². The van der Waals surface area contributed by atoms with Gasteiger partial charge < -0.3 is 5.32 Å².